The van der Waals surface area contributed by atoms with Gasteiger partial charge in [-0.2, -0.15) is 0 Å². The molecule has 1 N–H and O–H groups in total. The molecule has 0 bridgehead atoms. The normalized spacial score (nSPS) is 15.5. The van der Waals surface area contributed by atoms with Crippen molar-refractivity contribution < 1.29 is 5.11 Å². The van der Waals surface area contributed by atoms with Crippen LogP contribution in [0, 0.1) is 11.8 Å². The van der Waals surface area contributed by atoms with Crippen molar-refractivity contribution in [2.45, 2.75) is 58.7 Å². The molecule has 0 aliphatic rings. The summed E-state index contributed by atoms with van der Waals surface area (Å²) in [6.07, 6.45) is 1.80. The molecule has 0 aromatic heterocycles. The fourth-order valence-electron chi connectivity index (χ4n) is 1.87. The predicted octanol–water partition coefficient (Wildman–Crippen LogP) is 3.07. The first-order valence-electron chi connectivity index (χ1n) is 5.26. The van der Waals surface area contributed by atoms with Crippen LogP contribution >= 0.6 is 9.24 Å². The monoisotopic (exact) mass is 204 g/mol. The third-order valence-electron chi connectivity index (χ3n) is 2.37. The Kier molecular flexibility index (Phi) is 5.47. The lowest BCUT2D eigenvalue weighted by molar-refractivity contribution is 0.00202. The average molecular weight is 204 g/mol. The third kappa shape index (κ3) is 4.98. The Morgan fingerprint density at radius 1 is 1.00 bits per heavy atom. The highest BCUT2D eigenvalue weighted by molar-refractivity contribution is 7.17. The van der Waals surface area contributed by atoms with E-state index in [0.717, 1.165) is 12.8 Å². The van der Waals surface area contributed by atoms with E-state index in [2.05, 4.69) is 43.9 Å². The minimum Gasteiger partial charge on any atom is -0.389 e. The lowest BCUT2D eigenvalue weighted by Gasteiger charge is -2.35. The second-order valence-electron chi connectivity index (χ2n) is 5.09. The van der Waals surface area contributed by atoms with Gasteiger partial charge in [-0.15, -0.1) is 9.24 Å². The van der Waals surface area contributed by atoms with Crippen LogP contribution in [0.1, 0.15) is 47.5 Å². The molecule has 0 radical (unpaired) electrons. The molecule has 0 aliphatic heterocycles. The highest BCUT2D eigenvalue weighted by Gasteiger charge is 2.32. The van der Waals surface area contributed by atoms with E-state index in [0.29, 0.717) is 11.8 Å². The van der Waals surface area contributed by atoms with Gasteiger partial charge < -0.3 is 5.11 Å². The molecule has 0 saturated heterocycles. The molecule has 0 heterocycles. The number of hydrogen-bond donors (Lipinski definition) is 1. The van der Waals surface area contributed by atoms with Gasteiger partial charge in [0.2, 0.25) is 0 Å². The molecule has 13 heavy (non-hydrogen) atoms. The molecular formula is C11H25OP. The maximum absolute atomic E-state index is 10.4. The average Bonchev–Trinajstić information content (AvgIpc) is 1.82. The van der Waals surface area contributed by atoms with Crippen molar-refractivity contribution in [2.24, 2.45) is 11.8 Å². The Labute approximate surface area is 85.5 Å². The van der Waals surface area contributed by atoms with Gasteiger partial charge in [0.25, 0.3) is 0 Å². The van der Waals surface area contributed by atoms with Crippen LogP contribution < -0.4 is 0 Å². The predicted molar refractivity (Wildman–Crippen MR) is 63.0 cm³/mol. The first-order valence-corrected chi connectivity index (χ1v) is 5.92. The van der Waals surface area contributed by atoms with E-state index in [1.165, 1.54) is 0 Å². The van der Waals surface area contributed by atoms with Crippen LogP contribution in [0.5, 0.6) is 0 Å². The smallest absolute Gasteiger partial charge is 0.0712 e. The van der Waals surface area contributed by atoms with Crippen molar-refractivity contribution in [3.05, 3.63) is 0 Å². The minimum absolute atomic E-state index is 0.275. The van der Waals surface area contributed by atoms with Crippen molar-refractivity contribution in [1.82, 2.24) is 0 Å². The molecule has 0 aromatic carbocycles. The Morgan fingerprint density at radius 2 is 1.31 bits per heavy atom. The highest BCUT2D eigenvalue weighted by Crippen LogP contribution is 2.31. The molecule has 0 fully saturated rings. The topological polar surface area (TPSA) is 20.2 Å². The Morgan fingerprint density at radius 3 is 1.46 bits per heavy atom. The molecule has 80 valence electrons. The van der Waals surface area contributed by atoms with Gasteiger partial charge in [0.15, 0.2) is 0 Å². The van der Waals surface area contributed by atoms with E-state index in [1.807, 2.05) is 0 Å². The second kappa shape index (κ2) is 5.32. The molecule has 0 saturated carbocycles. The van der Waals surface area contributed by atoms with E-state index in [4.69, 9.17) is 0 Å². The van der Waals surface area contributed by atoms with Gasteiger partial charge in [-0.05, 0) is 30.3 Å². The standard InChI is InChI=1S/C11H25OP/c1-8(2)6-11(12,10(5)13)7-9(3)4/h8-10,12H,6-7,13H2,1-5H3. The van der Waals surface area contributed by atoms with Gasteiger partial charge in [-0.1, -0.05) is 34.6 Å². The first-order chi connectivity index (χ1) is 5.78. The quantitative estimate of drug-likeness (QED) is 0.682. The zero-order valence-electron chi connectivity index (χ0n) is 9.67. The van der Waals surface area contributed by atoms with Crippen LogP contribution in [-0.2, 0) is 0 Å². The fraction of sp³-hybridized carbons (Fsp3) is 1.00. The van der Waals surface area contributed by atoms with Gasteiger partial charge in [-0.25, -0.2) is 0 Å². The second-order valence-corrected chi connectivity index (χ2v) is 6.09. The summed E-state index contributed by atoms with van der Waals surface area (Å²) in [6.45, 7) is 10.7. The SMILES string of the molecule is CC(C)CC(O)(CC(C)C)C(C)P. The van der Waals surface area contributed by atoms with Crippen LogP contribution in [0.2, 0.25) is 0 Å². The van der Waals surface area contributed by atoms with Crippen molar-refractivity contribution in [3.8, 4) is 0 Å². The summed E-state index contributed by atoms with van der Waals surface area (Å²) < 4.78 is 0. The molecular weight excluding hydrogens is 179 g/mol. The summed E-state index contributed by atoms with van der Waals surface area (Å²) in [6, 6.07) is 0. The number of hydrogen-bond acceptors (Lipinski definition) is 1. The Hall–Kier alpha value is 0.390. The van der Waals surface area contributed by atoms with Gasteiger partial charge >= 0.3 is 0 Å². The van der Waals surface area contributed by atoms with Gasteiger partial charge in [-0.3, -0.25) is 0 Å². The summed E-state index contributed by atoms with van der Waals surface area (Å²) in [5.41, 5.74) is -0.218. The zero-order chi connectivity index (χ0) is 10.6. The summed E-state index contributed by atoms with van der Waals surface area (Å²) in [5, 5.41) is 10.4. The van der Waals surface area contributed by atoms with Crippen LogP contribution in [0.25, 0.3) is 0 Å². The van der Waals surface area contributed by atoms with Crippen molar-refractivity contribution in [3.63, 3.8) is 0 Å². The maximum Gasteiger partial charge on any atom is 0.0712 e. The molecule has 2 unspecified atom stereocenters. The summed E-state index contributed by atoms with van der Waals surface area (Å²) in [5.74, 6) is 1.12. The van der Waals surface area contributed by atoms with E-state index in [-0.39, 0.29) is 5.66 Å². The number of aliphatic hydroxyl groups is 1. The molecule has 0 rings (SSSR count). The van der Waals surface area contributed by atoms with Crippen molar-refractivity contribution >= 4 is 9.24 Å². The lowest BCUT2D eigenvalue weighted by atomic mass is 9.83. The highest BCUT2D eigenvalue weighted by atomic mass is 31.0. The van der Waals surface area contributed by atoms with Crippen LogP contribution in [0.3, 0.4) is 0 Å². The zero-order valence-corrected chi connectivity index (χ0v) is 10.8. The van der Waals surface area contributed by atoms with E-state index in [1.54, 1.807) is 0 Å². The summed E-state index contributed by atoms with van der Waals surface area (Å²) in [4.78, 5) is 0. The van der Waals surface area contributed by atoms with Crippen LogP contribution in [0.15, 0.2) is 0 Å². The molecule has 1 nitrogen and oxygen atoms in total. The van der Waals surface area contributed by atoms with E-state index in [9.17, 15) is 5.11 Å². The van der Waals surface area contributed by atoms with Gasteiger partial charge in [0, 0.05) is 0 Å². The van der Waals surface area contributed by atoms with Gasteiger partial charge in [0.05, 0.1) is 5.60 Å². The summed E-state index contributed by atoms with van der Waals surface area (Å²) >= 11 is 0. The molecule has 2 atom stereocenters. The van der Waals surface area contributed by atoms with E-state index >= 15 is 0 Å². The fourth-order valence-corrected chi connectivity index (χ4v) is 2.14. The Bertz CT molecular complexity index is 131. The largest absolute Gasteiger partial charge is 0.389 e. The van der Waals surface area contributed by atoms with E-state index < -0.39 is 5.60 Å². The third-order valence-corrected chi connectivity index (χ3v) is 2.99. The number of rotatable bonds is 5. The molecule has 2 heteroatoms. The summed E-state index contributed by atoms with van der Waals surface area (Å²) in [7, 11) is 2.73. The molecule has 0 aromatic rings. The maximum atomic E-state index is 10.4. The lowest BCUT2D eigenvalue weighted by Crippen LogP contribution is -2.39. The molecule has 0 spiro atoms. The minimum atomic E-state index is -0.493. The van der Waals surface area contributed by atoms with Gasteiger partial charge in [0.1, 0.15) is 0 Å². The molecule has 0 aliphatic carbocycles. The Balaban J connectivity index is 4.34. The van der Waals surface area contributed by atoms with Crippen molar-refractivity contribution in [1.29, 1.82) is 0 Å². The first kappa shape index (κ1) is 13.4. The van der Waals surface area contributed by atoms with Crippen molar-refractivity contribution in [2.75, 3.05) is 0 Å². The van der Waals surface area contributed by atoms with Crippen LogP contribution in [0.4, 0.5) is 0 Å². The molecule has 0 amide bonds. The van der Waals surface area contributed by atoms with Crippen LogP contribution in [-0.4, -0.2) is 16.4 Å².